The highest BCUT2D eigenvalue weighted by molar-refractivity contribution is 6.47. The van der Waals surface area contributed by atoms with Gasteiger partial charge in [-0.05, 0) is 52.0 Å². The number of rotatable bonds is 8. The molecule has 3 aromatic carbocycles. The van der Waals surface area contributed by atoms with E-state index in [1.54, 1.807) is 39.7 Å². The Morgan fingerprint density at radius 3 is 1.93 bits per heavy atom. The summed E-state index contributed by atoms with van der Waals surface area (Å²) in [6, 6.07) is 30.9. The van der Waals surface area contributed by atoms with Gasteiger partial charge in [0.05, 0.1) is 28.5 Å². The summed E-state index contributed by atoms with van der Waals surface area (Å²) in [5.41, 5.74) is 3.79. The molecule has 0 saturated carbocycles. The first kappa shape index (κ1) is 27.8. The van der Waals surface area contributed by atoms with Gasteiger partial charge in [-0.2, -0.15) is 5.26 Å². The zero-order valence-electron chi connectivity index (χ0n) is 23.4. The summed E-state index contributed by atoms with van der Waals surface area (Å²) in [6.45, 7) is 7.16. The Hall–Kier alpha value is -4.71. The van der Waals surface area contributed by atoms with Gasteiger partial charge in [-0.1, -0.05) is 72.2 Å². The number of hydrogen-bond acceptors (Lipinski definition) is 7. The molecule has 0 aliphatic rings. The topological polar surface area (TPSA) is 105 Å². The van der Waals surface area contributed by atoms with Gasteiger partial charge in [0.25, 0.3) is 0 Å². The van der Waals surface area contributed by atoms with Gasteiger partial charge in [0, 0.05) is 28.5 Å². The van der Waals surface area contributed by atoms with E-state index < -0.39 is 11.2 Å². The molecule has 1 radical (unpaired) electrons. The largest absolute Gasteiger partial charge is 0.427 e. The van der Waals surface area contributed by atoms with Gasteiger partial charge >= 0.3 is 7.48 Å². The van der Waals surface area contributed by atoms with Gasteiger partial charge in [-0.25, -0.2) is 15.0 Å². The van der Waals surface area contributed by atoms with Crippen LogP contribution >= 0.6 is 0 Å². The molecule has 0 unspecified atom stereocenters. The highest BCUT2D eigenvalue weighted by Gasteiger charge is 2.35. The van der Waals surface area contributed by atoms with Crippen molar-refractivity contribution in [3.63, 3.8) is 0 Å². The number of nitriles is 1. The molecule has 5 rings (SSSR count). The zero-order chi connectivity index (χ0) is 29.0. The van der Waals surface area contributed by atoms with Crippen LogP contribution in [-0.4, -0.2) is 43.7 Å². The molecule has 0 bridgehead atoms. The SMILES string of the molecule is CC(C)(O)C(C)(C)O[B]c1ccc(-c2ccc(-c3nc(-c4ccccc4)nc(-c4cccc(C#N)c4)n3)cn2)cc1. The van der Waals surface area contributed by atoms with E-state index in [2.05, 4.69) is 11.1 Å². The second-order valence-corrected chi connectivity index (χ2v) is 10.7. The van der Waals surface area contributed by atoms with Gasteiger partial charge in [0.2, 0.25) is 0 Å². The molecule has 0 aliphatic carbocycles. The minimum absolute atomic E-state index is 0.483. The first-order valence-corrected chi connectivity index (χ1v) is 13.3. The molecule has 8 heteroatoms. The predicted molar refractivity (Wildman–Crippen MR) is 161 cm³/mol. The molecule has 0 aliphatic heterocycles. The Labute approximate surface area is 240 Å². The monoisotopic (exact) mass is 538 g/mol. The van der Waals surface area contributed by atoms with Crippen LogP contribution in [0.2, 0.25) is 0 Å². The van der Waals surface area contributed by atoms with Crippen LogP contribution in [0.15, 0.2) is 97.2 Å². The summed E-state index contributed by atoms with van der Waals surface area (Å²) >= 11 is 0. The lowest BCUT2D eigenvalue weighted by atomic mass is 9.82. The van der Waals surface area contributed by atoms with Gasteiger partial charge in [-0.15, -0.1) is 0 Å². The second-order valence-electron chi connectivity index (χ2n) is 10.7. The van der Waals surface area contributed by atoms with Crippen LogP contribution in [-0.2, 0) is 4.65 Å². The molecule has 1 N–H and O–H groups in total. The smallest absolute Gasteiger partial charge is 0.330 e. The van der Waals surface area contributed by atoms with E-state index in [1.165, 1.54) is 0 Å². The molecule has 41 heavy (non-hydrogen) atoms. The van der Waals surface area contributed by atoms with E-state index in [4.69, 9.17) is 19.6 Å². The van der Waals surface area contributed by atoms with Crippen molar-refractivity contribution >= 4 is 12.9 Å². The molecule has 201 valence electrons. The predicted octanol–water partition coefficient (Wildman–Crippen LogP) is 5.62. The third kappa shape index (κ3) is 6.38. The van der Waals surface area contributed by atoms with Crippen molar-refractivity contribution < 1.29 is 9.76 Å². The van der Waals surface area contributed by atoms with Crippen LogP contribution in [0.25, 0.3) is 45.4 Å². The van der Waals surface area contributed by atoms with Gasteiger partial charge in [-0.3, -0.25) is 4.98 Å². The third-order valence-electron chi connectivity index (χ3n) is 7.11. The lowest BCUT2D eigenvalue weighted by Crippen LogP contribution is -2.49. The average Bonchev–Trinajstić information content (AvgIpc) is 3.00. The second kappa shape index (κ2) is 11.4. The number of nitrogens with zero attached hydrogens (tertiary/aromatic N) is 5. The summed E-state index contributed by atoms with van der Waals surface area (Å²) in [4.78, 5) is 18.9. The number of benzene rings is 3. The molecule has 0 amide bonds. The molecule has 0 fully saturated rings. The Morgan fingerprint density at radius 2 is 1.32 bits per heavy atom. The molecular formula is C33H29BN5O2. The molecule has 0 atom stereocenters. The lowest BCUT2D eigenvalue weighted by Gasteiger charge is -2.37. The van der Waals surface area contributed by atoms with E-state index in [9.17, 15) is 10.4 Å². The fourth-order valence-electron chi connectivity index (χ4n) is 3.87. The van der Waals surface area contributed by atoms with Crippen molar-refractivity contribution in [2.45, 2.75) is 38.9 Å². The Balaban J connectivity index is 1.42. The molecule has 2 aromatic heterocycles. The maximum Gasteiger partial charge on any atom is 0.330 e. The van der Waals surface area contributed by atoms with E-state index in [0.717, 1.165) is 33.4 Å². The fourth-order valence-corrected chi connectivity index (χ4v) is 3.87. The Morgan fingerprint density at radius 1 is 0.707 bits per heavy atom. The van der Waals surface area contributed by atoms with Crippen molar-refractivity contribution in [3.8, 4) is 51.5 Å². The Bertz CT molecular complexity index is 1690. The van der Waals surface area contributed by atoms with Crippen LogP contribution in [0, 0.1) is 11.3 Å². The van der Waals surface area contributed by atoms with Gasteiger partial charge < -0.3 is 9.76 Å². The molecule has 2 heterocycles. The van der Waals surface area contributed by atoms with Crippen molar-refractivity contribution in [1.82, 2.24) is 19.9 Å². The summed E-state index contributed by atoms with van der Waals surface area (Å²) in [5.74, 6) is 1.52. The van der Waals surface area contributed by atoms with Crippen LogP contribution in [0.4, 0.5) is 0 Å². The van der Waals surface area contributed by atoms with E-state index in [1.807, 2.05) is 92.7 Å². The number of aromatic nitrogens is 4. The number of aliphatic hydroxyl groups is 1. The van der Waals surface area contributed by atoms with Crippen LogP contribution in [0.3, 0.4) is 0 Å². The van der Waals surface area contributed by atoms with E-state index in [0.29, 0.717) is 23.0 Å². The maximum atomic E-state index is 10.3. The third-order valence-corrected chi connectivity index (χ3v) is 7.11. The van der Waals surface area contributed by atoms with Gasteiger partial charge in [0.1, 0.15) is 0 Å². The number of hydrogen-bond donors (Lipinski definition) is 1. The summed E-state index contributed by atoms with van der Waals surface area (Å²) in [6.07, 6.45) is 1.75. The van der Waals surface area contributed by atoms with Gasteiger partial charge in [0.15, 0.2) is 17.5 Å². The van der Waals surface area contributed by atoms with E-state index >= 15 is 0 Å². The van der Waals surface area contributed by atoms with Crippen LogP contribution in [0.1, 0.15) is 33.3 Å². The van der Waals surface area contributed by atoms with Crippen molar-refractivity contribution in [2.24, 2.45) is 0 Å². The first-order chi connectivity index (χ1) is 19.6. The number of pyridine rings is 1. The molecule has 0 spiro atoms. The highest BCUT2D eigenvalue weighted by atomic mass is 16.5. The van der Waals surface area contributed by atoms with Crippen molar-refractivity contribution in [1.29, 1.82) is 5.26 Å². The normalized spacial score (nSPS) is 11.6. The Kier molecular flexibility index (Phi) is 7.76. The van der Waals surface area contributed by atoms with Crippen molar-refractivity contribution in [3.05, 3.63) is 103 Å². The first-order valence-electron chi connectivity index (χ1n) is 13.3. The maximum absolute atomic E-state index is 10.3. The van der Waals surface area contributed by atoms with Crippen molar-refractivity contribution in [2.75, 3.05) is 0 Å². The lowest BCUT2D eigenvalue weighted by molar-refractivity contribution is -0.0893. The molecule has 5 aromatic rings. The summed E-state index contributed by atoms with van der Waals surface area (Å²) in [7, 11) is 1.66. The highest BCUT2D eigenvalue weighted by Crippen LogP contribution is 2.27. The minimum Gasteiger partial charge on any atom is -0.427 e. The average molecular weight is 538 g/mol. The summed E-state index contributed by atoms with van der Waals surface area (Å²) < 4.78 is 5.86. The quantitative estimate of drug-likeness (QED) is 0.256. The standard InChI is InChI=1S/C33H29BN5O2/c1-32(2,40)33(3,4)41-34-27-16-13-23(14-17-27)28-18-15-26(21-36-28)31-38-29(24-10-6-5-7-11-24)37-30(39-31)25-12-8-9-22(19-25)20-35/h5-19,21,40H,1-4H3. The fraction of sp³-hybridized carbons (Fsp3) is 0.182. The minimum atomic E-state index is -0.989. The molecule has 0 saturated heterocycles. The van der Waals surface area contributed by atoms with E-state index in [-0.39, 0.29) is 0 Å². The van der Waals surface area contributed by atoms with Crippen LogP contribution in [0.5, 0.6) is 0 Å². The summed E-state index contributed by atoms with van der Waals surface area (Å²) in [5, 5.41) is 19.7. The molecule has 7 nitrogen and oxygen atoms in total. The molecular weight excluding hydrogens is 509 g/mol. The van der Waals surface area contributed by atoms with Crippen LogP contribution < -0.4 is 5.46 Å². The zero-order valence-corrected chi connectivity index (χ0v) is 23.4.